The number of aliphatic hydroxyl groups excluding tert-OH is 1. The van der Waals surface area contributed by atoms with Crippen molar-refractivity contribution in [3.8, 4) is 5.75 Å². The maximum atomic E-state index is 12.1. The summed E-state index contributed by atoms with van der Waals surface area (Å²) < 4.78 is 33.7. The maximum absolute atomic E-state index is 12.1. The Morgan fingerprint density at radius 3 is 2.68 bits per heavy atom. The van der Waals surface area contributed by atoms with Gasteiger partial charge in [0.15, 0.2) is 0 Å². The number of ether oxygens (including phenoxy) is 2. The van der Waals surface area contributed by atoms with Crippen LogP contribution in [0.5, 0.6) is 5.75 Å². The minimum Gasteiger partial charge on any atom is -0.435 e. The van der Waals surface area contributed by atoms with E-state index in [1.54, 1.807) is 19.2 Å². The number of alkyl halides is 2. The van der Waals surface area contributed by atoms with E-state index in [4.69, 9.17) is 4.74 Å². The van der Waals surface area contributed by atoms with Crippen molar-refractivity contribution in [2.24, 2.45) is 5.92 Å². The van der Waals surface area contributed by atoms with Gasteiger partial charge in [0.2, 0.25) is 0 Å². The van der Waals surface area contributed by atoms with E-state index in [2.05, 4.69) is 9.64 Å². The van der Waals surface area contributed by atoms with Crippen molar-refractivity contribution in [3.63, 3.8) is 0 Å². The van der Waals surface area contributed by atoms with Gasteiger partial charge in [-0.15, -0.1) is 0 Å². The molecule has 2 rings (SSSR count). The lowest BCUT2D eigenvalue weighted by molar-refractivity contribution is -0.0498. The number of aliphatic hydroxyl groups is 1. The van der Waals surface area contributed by atoms with Crippen molar-refractivity contribution in [1.82, 2.24) is 4.90 Å². The standard InChI is InChI=1S/C16H23F2NO3/c1-21-11-12-3-2-8-19(9-12)10-15(20)13-4-6-14(7-5-13)22-16(17)18/h4-7,12,15-16,20H,2-3,8-11H2,1H3. The summed E-state index contributed by atoms with van der Waals surface area (Å²) in [5, 5.41) is 10.3. The second-order valence-electron chi connectivity index (χ2n) is 5.69. The van der Waals surface area contributed by atoms with Gasteiger partial charge in [0, 0.05) is 20.2 Å². The Morgan fingerprint density at radius 1 is 1.32 bits per heavy atom. The lowest BCUT2D eigenvalue weighted by Gasteiger charge is -2.33. The first-order valence-corrected chi connectivity index (χ1v) is 7.52. The molecule has 1 aromatic carbocycles. The Balaban J connectivity index is 1.87. The number of β-amino-alcohol motifs (C(OH)–C–C–N with tert-alkyl or cyclic N) is 1. The fourth-order valence-corrected chi connectivity index (χ4v) is 2.91. The Morgan fingerprint density at radius 2 is 2.05 bits per heavy atom. The molecule has 22 heavy (non-hydrogen) atoms. The molecule has 6 heteroatoms. The van der Waals surface area contributed by atoms with E-state index in [9.17, 15) is 13.9 Å². The van der Waals surface area contributed by atoms with Crippen LogP contribution in [0.15, 0.2) is 24.3 Å². The van der Waals surface area contributed by atoms with Gasteiger partial charge in [-0.1, -0.05) is 12.1 Å². The van der Waals surface area contributed by atoms with Crippen molar-refractivity contribution in [2.45, 2.75) is 25.6 Å². The Hall–Kier alpha value is -1.24. The van der Waals surface area contributed by atoms with Crippen LogP contribution in [0.1, 0.15) is 24.5 Å². The fraction of sp³-hybridized carbons (Fsp3) is 0.625. The van der Waals surface area contributed by atoms with Crippen LogP contribution < -0.4 is 4.74 Å². The number of nitrogens with zero attached hydrogens (tertiary/aromatic N) is 1. The number of benzene rings is 1. The summed E-state index contributed by atoms with van der Waals surface area (Å²) in [6, 6.07) is 6.15. The normalized spacial score (nSPS) is 21.0. The monoisotopic (exact) mass is 315 g/mol. The van der Waals surface area contributed by atoms with E-state index in [1.165, 1.54) is 12.1 Å². The minimum absolute atomic E-state index is 0.101. The second-order valence-corrected chi connectivity index (χ2v) is 5.69. The first-order valence-electron chi connectivity index (χ1n) is 7.52. The van der Waals surface area contributed by atoms with Crippen LogP contribution in [-0.2, 0) is 4.74 Å². The van der Waals surface area contributed by atoms with Gasteiger partial charge in [-0.3, -0.25) is 0 Å². The molecule has 2 atom stereocenters. The van der Waals surface area contributed by atoms with Crippen LogP contribution in [0, 0.1) is 5.92 Å². The summed E-state index contributed by atoms with van der Waals surface area (Å²) in [5.74, 6) is 0.608. The van der Waals surface area contributed by atoms with Gasteiger partial charge in [-0.05, 0) is 43.0 Å². The number of piperidine rings is 1. The molecule has 1 saturated heterocycles. The Bertz CT molecular complexity index is 440. The van der Waals surface area contributed by atoms with Gasteiger partial charge < -0.3 is 19.5 Å². The van der Waals surface area contributed by atoms with Crippen LogP contribution in [0.4, 0.5) is 8.78 Å². The second kappa shape index (κ2) is 8.41. The SMILES string of the molecule is COCC1CCCN(CC(O)c2ccc(OC(F)F)cc2)C1. The van der Waals surface area contributed by atoms with E-state index < -0.39 is 12.7 Å². The molecule has 0 aliphatic carbocycles. The van der Waals surface area contributed by atoms with Crippen molar-refractivity contribution in [3.05, 3.63) is 29.8 Å². The summed E-state index contributed by atoms with van der Waals surface area (Å²) in [7, 11) is 1.71. The molecule has 1 fully saturated rings. The molecule has 0 saturated carbocycles. The van der Waals surface area contributed by atoms with Gasteiger partial charge >= 0.3 is 6.61 Å². The molecule has 124 valence electrons. The zero-order valence-electron chi connectivity index (χ0n) is 12.8. The summed E-state index contributed by atoms with van der Waals surface area (Å²) in [6.45, 7) is 0.324. The molecule has 4 nitrogen and oxygen atoms in total. The molecule has 0 bridgehead atoms. The number of halogens is 2. The number of rotatable bonds is 7. The molecule has 1 aliphatic heterocycles. The highest BCUT2D eigenvalue weighted by Crippen LogP contribution is 2.23. The number of likely N-dealkylation sites (tertiary alicyclic amines) is 1. The third kappa shape index (κ3) is 5.19. The molecule has 2 unspecified atom stereocenters. The van der Waals surface area contributed by atoms with Gasteiger partial charge in [-0.2, -0.15) is 8.78 Å². The van der Waals surface area contributed by atoms with Gasteiger partial charge in [0.05, 0.1) is 12.7 Å². The molecule has 0 spiro atoms. The number of hydrogen-bond donors (Lipinski definition) is 1. The average Bonchev–Trinajstić information content (AvgIpc) is 2.48. The molecule has 1 N–H and O–H groups in total. The first-order chi connectivity index (χ1) is 10.6. The van der Waals surface area contributed by atoms with E-state index in [0.29, 0.717) is 18.0 Å². The number of hydrogen-bond acceptors (Lipinski definition) is 4. The number of methoxy groups -OCH3 is 1. The molecule has 1 aliphatic rings. The largest absolute Gasteiger partial charge is 0.435 e. The molecule has 0 aromatic heterocycles. The maximum Gasteiger partial charge on any atom is 0.387 e. The average molecular weight is 315 g/mol. The van der Waals surface area contributed by atoms with Crippen LogP contribution in [0.25, 0.3) is 0 Å². The molecule has 1 heterocycles. The quantitative estimate of drug-likeness (QED) is 0.840. The van der Waals surface area contributed by atoms with Crippen molar-refractivity contribution in [2.75, 3.05) is 33.4 Å². The van der Waals surface area contributed by atoms with E-state index in [0.717, 1.165) is 32.5 Å². The van der Waals surface area contributed by atoms with Crippen molar-refractivity contribution < 1.29 is 23.4 Å². The molecule has 0 radical (unpaired) electrons. The molecular formula is C16H23F2NO3. The summed E-state index contributed by atoms with van der Waals surface area (Å²) in [4.78, 5) is 2.22. The highest BCUT2D eigenvalue weighted by Gasteiger charge is 2.22. The topological polar surface area (TPSA) is 41.9 Å². The van der Waals surface area contributed by atoms with Gasteiger partial charge in [-0.25, -0.2) is 0 Å². The van der Waals surface area contributed by atoms with E-state index in [1.807, 2.05) is 0 Å². The zero-order chi connectivity index (χ0) is 15.9. The van der Waals surface area contributed by atoms with Gasteiger partial charge in [0.25, 0.3) is 0 Å². The third-order valence-corrected chi connectivity index (χ3v) is 3.93. The lowest BCUT2D eigenvalue weighted by Crippen LogP contribution is -2.39. The van der Waals surface area contributed by atoms with Crippen molar-refractivity contribution >= 4 is 0 Å². The highest BCUT2D eigenvalue weighted by molar-refractivity contribution is 5.28. The smallest absolute Gasteiger partial charge is 0.387 e. The Kier molecular flexibility index (Phi) is 6.54. The summed E-state index contributed by atoms with van der Waals surface area (Å²) >= 11 is 0. The summed E-state index contributed by atoms with van der Waals surface area (Å²) in [5.41, 5.74) is 0.704. The lowest BCUT2D eigenvalue weighted by atomic mass is 9.98. The minimum atomic E-state index is -2.83. The Labute approximate surface area is 129 Å². The van der Waals surface area contributed by atoms with Crippen LogP contribution in [-0.4, -0.2) is 50.0 Å². The predicted molar refractivity (Wildman–Crippen MR) is 79.1 cm³/mol. The molecule has 1 aromatic rings. The molecule has 0 amide bonds. The first kappa shape index (κ1) is 17.1. The van der Waals surface area contributed by atoms with E-state index in [-0.39, 0.29) is 5.75 Å². The zero-order valence-corrected chi connectivity index (χ0v) is 12.8. The fourth-order valence-electron chi connectivity index (χ4n) is 2.91. The van der Waals surface area contributed by atoms with Crippen LogP contribution >= 0.6 is 0 Å². The van der Waals surface area contributed by atoms with Gasteiger partial charge in [0.1, 0.15) is 5.75 Å². The van der Waals surface area contributed by atoms with Crippen molar-refractivity contribution in [1.29, 1.82) is 0 Å². The highest BCUT2D eigenvalue weighted by atomic mass is 19.3. The third-order valence-electron chi connectivity index (χ3n) is 3.93. The molecular weight excluding hydrogens is 292 g/mol. The van der Waals surface area contributed by atoms with Crippen LogP contribution in [0.2, 0.25) is 0 Å². The van der Waals surface area contributed by atoms with Crippen LogP contribution in [0.3, 0.4) is 0 Å². The van der Waals surface area contributed by atoms with E-state index >= 15 is 0 Å². The predicted octanol–water partition coefficient (Wildman–Crippen LogP) is 2.68. The summed E-state index contributed by atoms with van der Waals surface area (Å²) in [6.07, 6.45) is 1.61.